The quantitative estimate of drug-likeness (QED) is 0.584. The summed E-state index contributed by atoms with van der Waals surface area (Å²) in [7, 11) is 1.55. The van der Waals surface area contributed by atoms with Crippen LogP contribution in [0.15, 0.2) is 53.6 Å². The van der Waals surface area contributed by atoms with Crippen molar-refractivity contribution in [1.29, 1.82) is 0 Å². The minimum Gasteiger partial charge on any atom is -0.497 e. The molecule has 0 fully saturated rings. The van der Waals surface area contributed by atoms with E-state index in [-0.39, 0.29) is 18.0 Å². The van der Waals surface area contributed by atoms with Gasteiger partial charge < -0.3 is 10.1 Å². The van der Waals surface area contributed by atoms with Gasteiger partial charge in [-0.05, 0) is 42.3 Å². The number of benzene rings is 2. The van der Waals surface area contributed by atoms with Crippen LogP contribution in [-0.2, 0) is 16.0 Å². The monoisotopic (exact) mass is 393 g/mol. The van der Waals surface area contributed by atoms with E-state index < -0.39 is 12.1 Å². The molecule has 2 aromatic carbocycles. The van der Waals surface area contributed by atoms with Crippen molar-refractivity contribution in [3.05, 3.63) is 59.7 Å². The number of anilines is 1. The highest BCUT2D eigenvalue weighted by atomic mass is 19.4. The van der Waals surface area contributed by atoms with Crippen LogP contribution in [0.5, 0.6) is 5.75 Å². The summed E-state index contributed by atoms with van der Waals surface area (Å²) in [5.74, 6) is -1.68. The Morgan fingerprint density at radius 2 is 1.64 bits per heavy atom. The molecule has 0 aliphatic rings. The summed E-state index contributed by atoms with van der Waals surface area (Å²) in [6, 6.07) is 12.6. The zero-order chi connectivity index (χ0) is 20.7. The van der Waals surface area contributed by atoms with Crippen LogP contribution in [0.2, 0.25) is 0 Å². The molecule has 0 aromatic heterocycles. The Morgan fingerprint density at radius 3 is 2.18 bits per heavy atom. The van der Waals surface area contributed by atoms with Crippen LogP contribution >= 0.6 is 0 Å². The topological polar surface area (TPSA) is 79.8 Å². The Hall–Kier alpha value is -3.36. The van der Waals surface area contributed by atoms with Gasteiger partial charge in [-0.15, -0.1) is 0 Å². The molecular weight excluding hydrogens is 375 g/mol. The first-order valence-corrected chi connectivity index (χ1v) is 8.13. The third-order valence-corrected chi connectivity index (χ3v) is 3.69. The molecule has 0 aliphatic heterocycles. The zero-order valence-electron chi connectivity index (χ0n) is 15.1. The smallest absolute Gasteiger partial charge is 0.471 e. The van der Waals surface area contributed by atoms with Gasteiger partial charge in [-0.1, -0.05) is 24.3 Å². The number of hydrogen-bond donors (Lipinski definition) is 2. The zero-order valence-corrected chi connectivity index (χ0v) is 15.1. The van der Waals surface area contributed by atoms with Gasteiger partial charge in [-0.25, -0.2) is 5.43 Å². The summed E-state index contributed by atoms with van der Waals surface area (Å²) < 4.78 is 41.8. The number of halogens is 3. The van der Waals surface area contributed by atoms with E-state index in [9.17, 15) is 22.8 Å². The SMILES string of the molecule is COc1ccc(CC(=O)N/N=C(\C)c2ccc(NC(=O)C(F)(F)F)cc2)cc1. The number of ether oxygens (including phenoxy) is 1. The second-order valence-corrected chi connectivity index (χ2v) is 5.79. The van der Waals surface area contributed by atoms with E-state index in [0.29, 0.717) is 17.0 Å². The lowest BCUT2D eigenvalue weighted by Crippen LogP contribution is -2.29. The Labute approximate surface area is 159 Å². The van der Waals surface area contributed by atoms with Crippen LogP contribution in [0, 0.1) is 0 Å². The van der Waals surface area contributed by atoms with E-state index in [1.54, 1.807) is 43.6 Å². The molecule has 0 heterocycles. The van der Waals surface area contributed by atoms with E-state index in [1.165, 1.54) is 24.3 Å². The van der Waals surface area contributed by atoms with Crippen LogP contribution in [0.25, 0.3) is 0 Å². The fourth-order valence-electron chi connectivity index (χ4n) is 2.18. The van der Waals surface area contributed by atoms with Crippen molar-refractivity contribution in [1.82, 2.24) is 5.43 Å². The number of hydrazone groups is 1. The Kier molecular flexibility index (Phi) is 6.75. The van der Waals surface area contributed by atoms with Gasteiger partial charge >= 0.3 is 12.1 Å². The number of nitrogens with one attached hydrogen (secondary N) is 2. The standard InChI is InChI=1S/C19H18F3N3O3/c1-12(14-5-7-15(8-6-14)23-18(27)19(20,21)22)24-25-17(26)11-13-3-9-16(28-2)10-4-13/h3-10H,11H2,1-2H3,(H,23,27)(H,25,26)/b24-12+. The number of rotatable bonds is 6. The highest BCUT2D eigenvalue weighted by molar-refractivity contribution is 6.00. The number of amides is 2. The molecule has 0 saturated carbocycles. The maximum absolute atomic E-state index is 12.2. The molecule has 0 spiro atoms. The molecule has 2 N–H and O–H groups in total. The second-order valence-electron chi connectivity index (χ2n) is 5.79. The Balaban J connectivity index is 1.93. The normalized spacial score (nSPS) is 11.7. The molecule has 148 valence electrons. The molecule has 0 atom stereocenters. The highest BCUT2D eigenvalue weighted by Gasteiger charge is 2.38. The lowest BCUT2D eigenvalue weighted by molar-refractivity contribution is -0.167. The third-order valence-electron chi connectivity index (χ3n) is 3.69. The van der Waals surface area contributed by atoms with Gasteiger partial charge in [0.2, 0.25) is 5.91 Å². The van der Waals surface area contributed by atoms with E-state index in [4.69, 9.17) is 4.74 Å². The number of carbonyl (C=O) groups is 2. The van der Waals surface area contributed by atoms with Crippen molar-refractivity contribution in [3.8, 4) is 5.75 Å². The van der Waals surface area contributed by atoms with Gasteiger partial charge in [-0.3, -0.25) is 9.59 Å². The maximum Gasteiger partial charge on any atom is 0.471 e. The summed E-state index contributed by atoms with van der Waals surface area (Å²) in [6.45, 7) is 1.64. The van der Waals surface area contributed by atoms with Crippen molar-refractivity contribution in [2.45, 2.75) is 19.5 Å². The fourth-order valence-corrected chi connectivity index (χ4v) is 2.18. The summed E-state index contributed by atoms with van der Waals surface area (Å²) in [5.41, 5.74) is 4.25. The van der Waals surface area contributed by atoms with E-state index in [0.717, 1.165) is 5.56 Å². The van der Waals surface area contributed by atoms with Crippen molar-refractivity contribution < 1.29 is 27.5 Å². The van der Waals surface area contributed by atoms with Gasteiger partial charge in [0.1, 0.15) is 5.75 Å². The lowest BCUT2D eigenvalue weighted by Gasteiger charge is -2.08. The molecule has 2 aromatic rings. The average Bonchev–Trinajstić information content (AvgIpc) is 2.66. The second kappa shape index (κ2) is 9.03. The maximum atomic E-state index is 12.2. The first-order chi connectivity index (χ1) is 13.2. The Bertz CT molecular complexity index is 861. The number of methoxy groups -OCH3 is 1. The third kappa shape index (κ3) is 6.11. The first kappa shape index (κ1) is 20.9. The van der Waals surface area contributed by atoms with Gasteiger partial charge in [0.25, 0.3) is 0 Å². The average molecular weight is 393 g/mol. The molecule has 0 unspecified atom stereocenters. The van der Waals surface area contributed by atoms with Gasteiger partial charge in [0.05, 0.1) is 19.2 Å². The summed E-state index contributed by atoms with van der Waals surface area (Å²) in [5, 5.41) is 5.73. The summed E-state index contributed by atoms with van der Waals surface area (Å²) in [4.78, 5) is 22.9. The number of nitrogens with zero attached hydrogens (tertiary/aromatic N) is 1. The summed E-state index contributed by atoms with van der Waals surface area (Å²) in [6.07, 6.45) is -4.83. The van der Waals surface area contributed by atoms with Crippen LogP contribution in [0.4, 0.5) is 18.9 Å². The minimum atomic E-state index is -4.95. The molecule has 0 saturated heterocycles. The largest absolute Gasteiger partial charge is 0.497 e. The van der Waals surface area contributed by atoms with E-state index >= 15 is 0 Å². The predicted molar refractivity (Wildman–Crippen MR) is 98.2 cm³/mol. The lowest BCUT2D eigenvalue weighted by atomic mass is 10.1. The van der Waals surface area contributed by atoms with Crippen molar-refractivity contribution >= 4 is 23.2 Å². The van der Waals surface area contributed by atoms with Crippen molar-refractivity contribution in [2.24, 2.45) is 5.10 Å². The molecule has 2 rings (SSSR count). The van der Waals surface area contributed by atoms with Crippen LogP contribution in [-0.4, -0.2) is 30.8 Å². The molecule has 2 amide bonds. The van der Waals surface area contributed by atoms with Crippen molar-refractivity contribution in [2.75, 3.05) is 12.4 Å². The number of carbonyl (C=O) groups excluding carboxylic acids is 2. The molecule has 0 aliphatic carbocycles. The van der Waals surface area contributed by atoms with Crippen molar-refractivity contribution in [3.63, 3.8) is 0 Å². The predicted octanol–water partition coefficient (Wildman–Crippen LogP) is 3.28. The number of hydrogen-bond acceptors (Lipinski definition) is 4. The molecule has 6 nitrogen and oxygen atoms in total. The fraction of sp³-hybridized carbons (Fsp3) is 0.211. The highest BCUT2D eigenvalue weighted by Crippen LogP contribution is 2.18. The van der Waals surface area contributed by atoms with Crippen LogP contribution in [0.3, 0.4) is 0 Å². The van der Waals surface area contributed by atoms with Gasteiger partial charge in [-0.2, -0.15) is 18.3 Å². The molecule has 9 heteroatoms. The minimum absolute atomic E-state index is 0.00224. The van der Waals surface area contributed by atoms with Crippen LogP contribution in [0.1, 0.15) is 18.1 Å². The van der Waals surface area contributed by atoms with E-state index in [2.05, 4.69) is 10.5 Å². The number of alkyl halides is 3. The molecule has 28 heavy (non-hydrogen) atoms. The van der Waals surface area contributed by atoms with E-state index in [1.807, 2.05) is 0 Å². The Morgan fingerprint density at radius 1 is 1.04 bits per heavy atom. The van der Waals surface area contributed by atoms with Gasteiger partial charge in [0.15, 0.2) is 0 Å². The first-order valence-electron chi connectivity index (χ1n) is 8.13. The molecular formula is C19H18F3N3O3. The summed E-state index contributed by atoms with van der Waals surface area (Å²) >= 11 is 0. The van der Waals surface area contributed by atoms with Crippen LogP contribution < -0.4 is 15.5 Å². The molecule has 0 bridgehead atoms. The van der Waals surface area contributed by atoms with Gasteiger partial charge in [0, 0.05) is 5.69 Å². The molecule has 0 radical (unpaired) electrons.